The van der Waals surface area contributed by atoms with Gasteiger partial charge >= 0.3 is 11.4 Å². The van der Waals surface area contributed by atoms with Crippen LogP contribution in [0, 0.1) is 30.3 Å². The molecule has 1 aromatic rings. The molecular weight excluding hydrogens is 292 g/mol. The summed E-state index contributed by atoms with van der Waals surface area (Å²) in [6.45, 7) is 2.01. The average Bonchev–Trinajstić information content (AvgIpc) is 2.38. The Balaban J connectivity index is 0.000000690. The third-order valence-electron chi connectivity index (χ3n) is 2.00. The number of phenols is 1. The summed E-state index contributed by atoms with van der Waals surface area (Å²) < 4.78 is 0. The van der Waals surface area contributed by atoms with Gasteiger partial charge in [-0.2, -0.15) is 0 Å². The first-order valence-electron chi connectivity index (χ1n) is 5.30. The first-order chi connectivity index (χ1) is 9.61. The Morgan fingerprint density at radius 3 is 1.62 bits per heavy atom. The highest BCUT2D eigenvalue weighted by Gasteiger charge is 2.30. The zero-order valence-electron chi connectivity index (χ0n) is 10.7. The molecule has 0 aliphatic rings. The van der Waals surface area contributed by atoms with Gasteiger partial charge in [-0.3, -0.25) is 30.3 Å². The van der Waals surface area contributed by atoms with E-state index in [4.69, 9.17) is 15.9 Å². The van der Waals surface area contributed by atoms with Gasteiger partial charge in [0.15, 0.2) is 0 Å². The summed E-state index contributed by atoms with van der Waals surface area (Å²) in [5, 5.41) is 48.5. The van der Waals surface area contributed by atoms with Gasteiger partial charge in [0, 0.05) is 6.54 Å². The fourth-order valence-corrected chi connectivity index (χ4v) is 0.974. The van der Waals surface area contributed by atoms with E-state index in [0.717, 1.165) is 0 Å². The number of aliphatic hydroxyl groups excluding tert-OH is 1. The molecule has 0 amide bonds. The summed E-state index contributed by atoms with van der Waals surface area (Å²) in [6, 6.07) is 0.894. The number of nitro benzene ring substituents is 3. The minimum atomic E-state index is -1.21. The molecule has 1 rings (SSSR count). The van der Waals surface area contributed by atoms with Crippen molar-refractivity contribution in [1.82, 2.24) is 0 Å². The maximum Gasteiger partial charge on any atom is 0.324 e. The average molecular weight is 304 g/mol. The molecule has 12 nitrogen and oxygen atoms in total. The van der Waals surface area contributed by atoms with Crippen LogP contribution in [0.3, 0.4) is 0 Å². The van der Waals surface area contributed by atoms with E-state index in [2.05, 4.69) is 0 Å². The van der Waals surface area contributed by atoms with E-state index >= 15 is 0 Å². The number of rotatable bonds is 4. The molecule has 1 unspecified atom stereocenters. The number of benzene rings is 1. The van der Waals surface area contributed by atoms with Crippen molar-refractivity contribution in [3.8, 4) is 5.75 Å². The van der Waals surface area contributed by atoms with Crippen molar-refractivity contribution in [2.24, 2.45) is 5.73 Å². The highest BCUT2D eigenvalue weighted by atomic mass is 16.6. The zero-order chi connectivity index (χ0) is 16.7. The van der Waals surface area contributed by atoms with E-state index in [9.17, 15) is 30.3 Å². The Morgan fingerprint density at radius 2 is 1.43 bits per heavy atom. The SMILES string of the molecule is CC(O)CN.O=[N+]([O-])c1cc([N+](=O)[O-])c(O)c([N+](=O)[O-])c1. The van der Waals surface area contributed by atoms with Gasteiger partial charge in [-0.1, -0.05) is 0 Å². The first-order valence-corrected chi connectivity index (χ1v) is 5.30. The predicted molar refractivity (Wildman–Crippen MR) is 68.8 cm³/mol. The number of aromatic hydroxyl groups is 1. The Morgan fingerprint density at radius 1 is 1.10 bits per heavy atom. The summed E-state index contributed by atoms with van der Waals surface area (Å²) in [7, 11) is 0. The van der Waals surface area contributed by atoms with Crippen LogP contribution in [0.1, 0.15) is 6.92 Å². The van der Waals surface area contributed by atoms with Crippen LogP contribution in [0.5, 0.6) is 5.75 Å². The molecule has 0 radical (unpaired) electrons. The van der Waals surface area contributed by atoms with E-state index in [-0.39, 0.29) is 6.10 Å². The first kappa shape index (κ1) is 18.1. The van der Waals surface area contributed by atoms with E-state index < -0.39 is 37.6 Å². The van der Waals surface area contributed by atoms with Crippen LogP contribution in [-0.4, -0.2) is 37.6 Å². The van der Waals surface area contributed by atoms with Gasteiger partial charge in [-0.15, -0.1) is 0 Å². The second kappa shape index (κ2) is 7.66. The number of non-ortho nitro benzene ring substituents is 1. The molecule has 0 aliphatic carbocycles. The van der Waals surface area contributed by atoms with Crippen LogP contribution in [0.4, 0.5) is 17.1 Å². The van der Waals surface area contributed by atoms with Crippen molar-refractivity contribution < 1.29 is 25.0 Å². The summed E-state index contributed by atoms with van der Waals surface area (Å²) in [6.07, 6.45) is -0.338. The van der Waals surface area contributed by atoms with E-state index in [1.807, 2.05) is 0 Å². The molecule has 0 bridgehead atoms. The minimum absolute atomic E-state index is 0.338. The molecule has 4 N–H and O–H groups in total. The van der Waals surface area contributed by atoms with Crippen LogP contribution in [0.2, 0.25) is 0 Å². The third kappa shape index (κ3) is 5.33. The van der Waals surface area contributed by atoms with Crippen LogP contribution < -0.4 is 5.73 Å². The van der Waals surface area contributed by atoms with E-state index in [0.29, 0.717) is 18.7 Å². The molecule has 0 saturated heterocycles. The van der Waals surface area contributed by atoms with Gasteiger partial charge in [0.2, 0.25) is 0 Å². The molecule has 0 aromatic heterocycles. The topological polar surface area (TPSA) is 196 Å². The number of nitro groups is 3. The minimum Gasteiger partial charge on any atom is -0.497 e. The van der Waals surface area contributed by atoms with Gasteiger partial charge in [-0.25, -0.2) is 0 Å². The highest BCUT2D eigenvalue weighted by molar-refractivity contribution is 5.64. The summed E-state index contributed by atoms with van der Waals surface area (Å²) in [4.78, 5) is 27.8. The van der Waals surface area contributed by atoms with Crippen molar-refractivity contribution in [3.63, 3.8) is 0 Å². The van der Waals surface area contributed by atoms with Crippen LogP contribution in [-0.2, 0) is 0 Å². The highest BCUT2D eigenvalue weighted by Crippen LogP contribution is 2.38. The fourth-order valence-electron chi connectivity index (χ4n) is 0.974. The molecule has 12 heteroatoms. The number of nitrogens with two attached hydrogens (primary N) is 1. The molecule has 21 heavy (non-hydrogen) atoms. The van der Waals surface area contributed by atoms with Gasteiger partial charge in [0.05, 0.1) is 33.0 Å². The molecule has 116 valence electrons. The largest absolute Gasteiger partial charge is 0.497 e. The Bertz CT molecular complexity index is 524. The number of phenolic OH excluding ortho intramolecular Hbond substituents is 1. The predicted octanol–water partition coefficient (Wildman–Crippen LogP) is 0.443. The molecule has 0 spiro atoms. The lowest BCUT2D eigenvalue weighted by atomic mass is 10.2. The van der Waals surface area contributed by atoms with Gasteiger partial charge < -0.3 is 15.9 Å². The number of nitrogens with zero attached hydrogens (tertiary/aromatic N) is 3. The van der Waals surface area contributed by atoms with Crippen LogP contribution in [0.15, 0.2) is 12.1 Å². The summed E-state index contributed by atoms with van der Waals surface area (Å²) >= 11 is 0. The van der Waals surface area contributed by atoms with Crippen LogP contribution in [0.25, 0.3) is 0 Å². The normalized spacial score (nSPS) is 11.0. The van der Waals surface area contributed by atoms with Gasteiger partial charge in [0.25, 0.3) is 11.4 Å². The summed E-state index contributed by atoms with van der Waals surface area (Å²) in [5.74, 6) is -1.21. The monoisotopic (exact) mass is 304 g/mol. The lowest BCUT2D eigenvalue weighted by Gasteiger charge is -1.97. The summed E-state index contributed by atoms with van der Waals surface area (Å²) in [5.41, 5.74) is 1.92. The number of hydrogen-bond acceptors (Lipinski definition) is 9. The van der Waals surface area contributed by atoms with E-state index in [1.165, 1.54) is 0 Å². The standard InChI is InChI=1S/C6H3N3O7.C3H9NO/c10-6-4(8(13)14)1-3(7(11)12)2-5(6)9(15)16;1-3(5)2-4/h1-2,10H;3,5H,2,4H2,1H3. The molecule has 1 aromatic carbocycles. The lowest BCUT2D eigenvalue weighted by Crippen LogP contribution is -2.14. The van der Waals surface area contributed by atoms with Crippen LogP contribution >= 0.6 is 0 Å². The maximum absolute atomic E-state index is 10.4. The molecule has 0 heterocycles. The van der Waals surface area contributed by atoms with Gasteiger partial charge in [0.1, 0.15) is 0 Å². The zero-order valence-corrected chi connectivity index (χ0v) is 10.7. The number of hydrogen-bond donors (Lipinski definition) is 3. The second-order valence-corrected chi connectivity index (χ2v) is 3.69. The fraction of sp³-hybridized carbons (Fsp3) is 0.333. The molecule has 0 fully saturated rings. The van der Waals surface area contributed by atoms with Crippen molar-refractivity contribution >= 4 is 17.1 Å². The molecular formula is C9H12N4O8. The smallest absolute Gasteiger partial charge is 0.324 e. The number of aliphatic hydroxyl groups is 1. The third-order valence-corrected chi connectivity index (χ3v) is 2.00. The second-order valence-electron chi connectivity index (χ2n) is 3.69. The molecule has 0 aliphatic heterocycles. The van der Waals surface area contributed by atoms with Crippen molar-refractivity contribution in [2.45, 2.75) is 13.0 Å². The quantitative estimate of drug-likeness (QED) is 0.521. The molecule has 1 atom stereocenters. The van der Waals surface area contributed by atoms with Crippen molar-refractivity contribution in [3.05, 3.63) is 42.5 Å². The lowest BCUT2D eigenvalue weighted by molar-refractivity contribution is -0.404. The Kier molecular flexibility index (Phi) is 6.62. The molecule has 0 saturated carbocycles. The van der Waals surface area contributed by atoms with E-state index in [1.54, 1.807) is 6.92 Å². The Hall–Kier alpha value is -2.86. The maximum atomic E-state index is 10.4. The Labute approximate surface area is 116 Å². The van der Waals surface area contributed by atoms with Crippen molar-refractivity contribution in [2.75, 3.05) is 6.54 Å². The van der Waals surface area contributed by atoms with Crippen molar-refractivity contribution in [1.29, 1.82) is 0 Å². The van der Waals surface area contributed by atoms with Gasteiger partial charge in [-0.05, 0) is 6.92 Å².